The highest BCUT2D eigenvalue weighted by molar-refractivity contribution is 7.18. The van der Waals surface area contributed by atoms with Gasteiger partial charge in [-0.15, -0.1) is 11.3 Å². The van der Waals surface area contributed by atoms with Crippen LogP contribution in [0.5, 0.6) is 0 Å². The Morgan fingerprint density at radius 1 is 1.28 bits per heavy atom. The molecule has 1 aromatic carbocycles. The van der Waals surface area contributed by atoms with Gasteiger partial charge in [0.25, 0.3) is 0 Å². The van der Waals surface area contributed by atoms with Crippen molar-refractivity contribution in [3.05, 3.63) is 28.8 Å². The summed E-state index contributed by atoms with van der Waals surface area (Å²) in [6.07, 6.45) is -4.33. The van der Waals surface area contributed by atoms with Gasteiger partial charge in [0.05, 0.1) is 15.8 Å². The van der Waals surface area contributed by atoms with Crippen molar-refractivity contribution in [3.8, 4) is 0 Å². The summed E-state index contributed by atoms with van der Waals surface area (Å²) in [5, 5.41) is 0.763. The van der Waals surface area contributed by atoms with Gasteiger partial charge in [-0.2, -0.15) is 13.2 Å². The van der Waals surface area contributed by atoms with Crippen molar-refractivity contribution in [2.24, 2.45) is 5.73 Å². The minimum atomic E-state index is -4.33. The summed E-state index contributed by atoms with van der Waals surface area (Å²) in [4.78, 5) is 4.27. The van der Waals surface area contributed by atoms with Crippen LogP contribution in [-0.2, 0) is 11.6 Å². The van der Waals surface area contributed by atoms with Crippen molar-refractivity contribution in [1.82, 2.24) is 4.98 Å². The zero-order chi connectivity index (χ0) is 13.6. The molecule has 0 atom stereocenters. The topological polar surface area (TPSA) is 38.9 Å². The zero-order valence-electron chi connectivity index (χ0n) is 10.0. The molecule has 2 aromatic rings. The first-order valence-corrected chi connectivity index (χ1v) is 6.24. The van der Waals surface area contributed by atoms with E-state index in [0.717, 1.165) is 21.8 Å². The number of rotatable bonds is 2. The Hall–Kier alpha value is -1.14. The molecule has 0 aliphatic carbocycles. The predicted molar refractivity (Wildman–Crippen MR) is 66.7 cm³/mol. The van der Waals surface area contributed by atoms with E-state index in [-0.39, 0.29) is 5.41 Å². The van der Waals surface area contributed by atoms with Crippen LogP contribution in [0.4, 0.5) is 13.2 Å². The first-order valence-electron chi connectivity index (χ1n) is 5.42. The largest absolute Gasteiger partial charge is 0.416 e. The third-order valence-corrected chi connectivity index (χ3v) is 4.21. The van der Waals surface area contributed by atoms with Gasteiger partial charge in [0.1, 0.15) is 5.01 Å². The minimum Gasteiger partial charge on any atom is -0.330 e. The molecule has 6 heteroatoms. The van der Waals surface area contributed by atoms with Gasteiger partial charge in [-0.3, -0.25) is 0 Å². The van der Waals surface area contributed by atoms with Crippen LogP contribution in [0.3, 0.4) is 0 Å². The molecule has 0 aliphatic rings. The van der Waals surface area contributed by atoms with E-state index in [2.05, 4.69) is 4.98 Å². The molecule has 0 saturated heterocycles. The third-order valence-electron chi connectivity index (χ3n) is 2.80. The van der Waals surface area contributed by atoms with Crippen molar-refractivity contribution in [2.45, 2.75) is 25.4 Å². The summed E-state index contributed by atoms with van der Waals surface area (Å²) in [7, 11) is 0. The van der Waals surface area contributed by atoms with E-state index < -0.39 is 11.7 Å². The fraction of sp³-hybridized carbons (Fsp3) is 0.417. The van der Waals surface area contributed by atoms with Gasteiger partial charge in [-0.1, -0.05) is 13.8 Å². The number of aromatic nitrogens is 1. The lowest BCUT2D eigenvalue weighted by molar-refractivity contribution is -0.137. The van der Waals surface area contributed by atoms with E-state index in [9.17, 15) is 13.2 Å². The SMILES string of the molecule is CC(C)(CN)c1nc2cc(C(F)(F)F)ccc2s1. The smallest absolute Gasteiger partial charge is 0.330 e. The molecule has 2 nitrogen and oxygen atoms in total. The molecule has 2 N–H and O–H groups in total. The summed E-state index contributed by atoms with van der Waals surface area (Å²) < 4.78 is 38.5. The molecule has 0 bridgehead atoms. The van der Waals surface area contributed by atoms with Gasteiger partial charge in [-0.25, -0.2) is 4.98 Å². The summed E-state index contributed by atoms with van der Waals surface area (Å²) in [5.41, 5.74) is 5.04. The number of benzene rings is 1. The fourth-order valence-corrected chi connectivity index (χ4v) is 2.54. The maximum Gasteiger partial charge on any atom is 0.416 e. The first-order chi connectivity index (χ1) is 8.24. The highest BCUT2D eigenvalue weighted by Crippen LogP contribution is 2.35. The fourth-order valence-electron chi connectivity index (χ4n) is 1.48. The molecule has 0 unspecified atom stereocenters. The lowest BCUT2D eigenvalue weighted by atomic mass is 9.95. The maximum absolute atomic E-state index is 12.6. The predicted octanol–water partition coefficient (Wildman–Crippen LogP) is 3.55. The third kappa shape index (κ3) is 2.35. The van der Waals surface area contributed by atoms with Crippen molar-refractivity contribution in [2.75, 3.05) is 6.54 Å². The Morgan fingerprint density at radius 3 is 2.50 bits per heavy atom. The number of thiazole rings is 1. The van der Waals surface area contributed by atoms with Crippen LogP contribution in [0, 0.1) is 0 Å². The molecule has 0 fully saturated rings. The average molecular weight is 274 g/mol. The number of halogens is 3. The number of hydrogen-bond donors (Lipinski definition) is 1. The second-order valence-corrected chi connectivity index (χ2v) is 5.82. The monoisotopic (exact) mass is 274 g/mol. The van der Waals surface area contributed by atoms with Crippen LogP contribution in [-0.4, -0.2) is 11.5 Å². The van der Waals surface area contributed by atoms with Crippen molar-refractivity contribution >= 4 is 21.6 Å². The Balaban J connectivity index is 2.53. The van der Waals surface area contributed by atoms with Gasteiger partial charge < -0.3 is 5.73 Å². The van der Waals surface area contributed by atoms with E-state index in [1.54, 1.807) is 0 Å². The van der Waals surface area contributed by atoms with Crippen molar-refractivity contribution < 1.29 is 13.2 Å². The second kappa shape index (κ2) is 4.20. The molecule has 18 heavy (non-hydrogen) atoms. The summed E-state index contributed by atoms with van der Waals surface area (Å²) in [6.45, 7) is 4.25. The summed E-state index contributed by atoms with van der Waals surface area (Å²) in [5.74, 6) is 0. The van der Waals surface area contributed by atoms with E-state index in [1.807, 2.05) is 13.8 Å². The number of nitrogens with zero attached hydrogens (tertiary/aromatic N) is 1. The highest BCUT2D eigenvalue weighted by Gasteiger charge is 2.31. The molecule has 0 spiro atoms. The molecule has 1 aromatic heterocycles. The summed E-state index contributed by atoms with van der Waals surface area (Å²) in [6, 6.07) is 3.63. The van der Waals surface area contributed by atoms with Crippen LogP contribution >= 0.6 is 11.3 Å². The first kappa shape index (κ1) is 13.3. The normalized spacial score (nSPS) is 13.2. The Morgan fingerprint density at radius 2 is 1.94 bits per heavy atom. The second-order valence-electron chi connectivity index (χ2n) is 4.79. The van der Waals surface area contributed by atoms with Gasteiger partial charge in [0.2, 0.25) is 0 Å². The quantitative estimate of drug-likeness (QED) is 0.909. The van der Waals surface area contributed by atoms with E-state index in [4.69, 9.17) is 5.73 Å². The van der Waals surface area contributed by atoms with Crippen LogP contribution < -0.4 is 5.73 Å². The number of fused-ring (bicyclic) bond motifs is 1. The summed E-state index contributed by atoms with van der Waals surface area (Å²) >= 11 is 1.39. The van der Waals surface area contributed by atoms with Crippen molar-refractivity contribution in [1.29, 1.82) is 0 Å². The molecular formula is C12H13F3N2S. The maximum atomic E-state index is 12.6. The van der Waals surface area contributed by atoms with Gasteiger partial charge >= 0.3 is 6.18 Å². The molecule has 0 aliphatic heterocycles. The van der Waals surface area contributed by atoms with Crippen LogP contribution in [0.15, 0.2) is 18.2 Å². The number of alkyl halides is 3. The van der Waals surface area contributed by atoms with Crippen LogP contribution in [0.2, 0.25) is 0 Å². The van der Waals surface area contributed by atoms with E-state index >= 15 is 0 Å². The van der Waals surface area contributed by atoms with Gasteiger partial charge in [0, 0.05) is 12.0 Å². The molecule has 0 radical (unpaired) electrons. The Bertz CT molecular complexity index is 572. The molecule has 0 saturated carbocycles. The Labute approximate surface area is 107 Å². The van der Waals surface area contributed by atoms with Gasteiger partial charge in [0.15, 0.2) is 0 Å². The molecular weight excluding hydrogens is 261 g/mol. The lowest BCUT2D eigenvalue weighted by Gasteiger charge is -2.18. The van der Waals surface area contributed by atoms with Crippen LogP contribution in [0.25, 0.3) is 10.2 Å². The Kier molecular flexibility index (Phi) is 3.11. The minimum absolute atomic E-state index is 0.317. The zero-order valence-corrected chi connectivity index (χ0v) is 10.8. The molecule has 1 heterocycles. The standard InChI is InChI=1S/C12H13F3N2S/c1-11(2,6-16)10-17-8-5-7(12(13,14)15)3-4-9(8)18-10/h3-5H,6,16H2,1-2H3. The van der Waals surface area contributed by atoms with Crippen molar-refractivity contribution in [3.63, 3.8) is 0 Å². The average Bonchev–Trinajstić information content (AvgIpc) is 2.71. The molecule has 0 amide bonds. The van der Waals surface area contributed by atoms with E-state index in [0.29, 0.717) is 12.1 Å². The highest BCUT2D eigenvalue weighted by atomic mass is 32.1. The number of nitrogens with two attached hydrogens (primary N) is 1. The lowest BCUT2D eigenvalue weighted by Crippen LogP contribution is -2.27. The van der Waals surface area contributed by atoms with Crippen LogP contribution in [0.1, 0.15) is 24.4 Å². The van der Waals surface area contributed by atoms with Gasteiger partial charge in [-0.05, 0) is 18.2 Å². The molecule has 2 rings (SSSR count). The van der Waals surface area contributed by atoms with E-state index in [1.165, 1.54) is 17.4 Å². The number of hydrogen-bond acceptors (Lipinski definition) is 3. The molecule has 98 valence electrons.